The molecule has 0 aliphatic heterocycles. The molecule has 0 aliphatic rings. The van der Waals surface area contributed by atoms with E-state index in [2.05, 4.69) is 12.2 Å². The lowest BCUT2D eigenvalue weighted by atomic mass is 9.96. The average molecular weight is 244 g/mol. The largest absolute Gasteiger partial charge is 0.383 e. The van der Waals surface area contributed by atoms with E-state index in [4.69, 9.17) is 10.5 Å². The molecular formula is C13H28N2O2. The highest BCUT2D eigenvalue weighted by molar-refractivity contribution is 5.85. The Kier molecular flexibility index (Phi) is 8.17. The number of hydrogen-bond donors (Lipinski definition) is 2. The highest BCUT2D eigenvalue weighted by atomic mass is 16.5. The van der Waals surface area contributed by atoms with Crippen molar-refractivity contribution in [2.45, 2.75) is 64.5 Å². The monoisotopic (exact) mass is 244 g/mol. The lowest BCUT2D eigenvalue weighted by Gasteiger charge is -2.26. The lowest BCUT2D eigenvalue weighted by Crippen LogP contribution is -2.54. The molecule has 2 unspecified atom stereocenters. The van der Waals surface area contributed by atoms with Crippen LogP contribution in [0.4, 0.5) is 0 Å². The maximum atomic E-state index is 12.0. The van der Waals surface area contributed by atoms with Gasteiger partial charge < -0.3 is 15.8 Å². The molecule has 0 spiro atoms. The Labute approximate surface area is 105 Å². The van der Waals surface area contributed by atoms with Crippen LogP contribution >= 0.6 is 0 Å². The number of amides is 1. The maximum absolute atomic E-state index is 12.0. The van der Waals surface area contributed by atoms with Crippen LogP contribution in [0.1, 0.15) is 52.9 Å². The van der Waals surface area contributed by atoms with Gasteiger partial charge >= 0.3 is 0 Å². The number of nitrogens with one attached hydrogen (secondary N) is 1. The van der Waals surface area contributed by atoms with Crippen molar-refractivity contribution >= 4 is 5.91 Å². The van der Waals surface area contributed by atoms with Crippen LogP contribution in [0.3, 0.4) is 0 Å². The van der Waals surface area contributed by atoms with Crippen LogP contribution in [-0.2, 0) is 9.53 Å². The number of hydrogen-bond acceptors (Lipinski definition) is 3. The molecule has 0 saturated carbocycles. The fourth-order valence-electron chi connectivity index (χ4n) is 1.83. The molecule has 102 valence electrons. The summed E-state index contributed by atoms with van der Waals surface area (Å²) in [4.78, 5) is 12.0. The molecule has 0 aromatic heterocycles. The number of carbonyl (C=O) groups is 1. The zero-order valence-electron chi connectivity index (χ0n) is 11.7. The molecule has 0 aromatic carbocycles. The summed E-state index contributed by atoms with van der Waals surface area (Å²) in [5.74, 6) is -0.0718. The van der Waals surface area contributed by atoms with Crippen LogP contribution in [0, 0.1) is 0 Å². The van der Waals surface area contributed by atoms with Gasteiger partial charge in [0.05, 0.1) is 18.2 Å². The molecule has 0 radical (unpaired) electrons. The Hall–Kier alpha value is -0.610. The first-order valence-electron chi connectivity index (χ1n) is 6.56. The second-order valence-corrected chi connectivity index (χ2v) is 4.94. The zero-order chi connectivity index (χ0) is 13.3. The second kappa shape index (κ2) is 8.48. The van der Waals surface area contributed by atoms with Gasteiger partial charge in [0.15, 0.2) is 0 Å². The van der Waals surface area contributed by atoms with Crippen molar-refractivity contribution in [1.82, 2.24) is 5.32 Å². The number of nitrogens with two attached hydrogens (primary N) is 1. The van der Waals surface area contributed by atoms with Crippen molar-refractivity contribution in [1.29, 1.82) is 0 Å². The predicted molar refractivity (Wildman–Crippen MR) is 70.8 cm³/mol. The quantitative estimate of drug-likeness (QED) is 0.650. The van der Waals surface area contributed by atoms with Crippen LogP contribution in [0.2, 0.25) is 0 Å². The standard InChI is InChI=1S/C13H28N2O2/c1-5-7-8-11(10-17-4)15-12(16)13(3,14)9-6-2/h11H,5-10,14H2,1-4H3,(H,15,16). The van der Waals surface area contributed by atoms with Crippen LogP contribution < -0.4 is 11.1 Å². The Morgan fingerprint density at radius 2 is 2.06 bits per heavy atom. The molecule has 2 atom stereocenters. The molecule has 4 nitrogen and oxygen atoms in total. The number of unbranched alkanes of at least 4 members (excludes halogenated alkanes) is 1. The molecule has 3 N–H and O–H groups in total. The molecule has 17 heavy (non-hydrogen) atoms. The minimum Gasteiger partial charge on any atom is -0.383 e. The smallest absolute Gasteiger partial charge is 0.240 e. The highest BCUT2D eigenvalue weighted by Gasteiger charge is 2.28. The molecule has 0 aromatic rings. The minimum atomic E-state index is -0.771. The molecule has 0 bridgehead atoms. The predicted octanol–water partition coefficient (Wildman–Crippen LogP) is 1.83. The third-order valence-electron chi connectivity index (χ3n) is 2.90. The van der Waals surface area contributed by atoms with E-state index in [0.29, 0.717) is 13.0 Å². The number of methoxy groups -OCH3 is 1. The van der Waals surface area contributed by atoms with Crippen molar-refractivity contribution in [3.05, 3.63) is 0 Å². The van der Waals surface area contributed by atoms with Gasteiger partial charge in [-0.1, -0.05) is 33.1 Å². The van der Waals surface area contributed by atoms with E-state index < -0.39 is 5.54 Å². The first-order valence-corrected chi connectivity index (χ1v) is 6.56. The summed E-state index contributed by atoms with van der Waals surface area (Å²) in [6.45, 7) is 6.50. The molecule has 0 rings (SSSR count). The number of ether oxygens (including phenoxy) is 1. The summed E-state index contributed by atoms with van der Waals surface area (Å²) >= 11 is 0. The Morgan fingerprint density at radius 3 is 2.53 bits per heavy atom. The van der Waals surface area contributed by atoms with E-state index in [1.165, 1.54) is 0 Å². The van der Waals surface area contributed by atoms with E-state index in [1.54, 1.807) is 14.0 Å². The molecule has 0 fully saturated rings. The molecule has 0 saturated heterocycles. The van der Waals surface area contributed by atoms with Crippen LogP contribution in [0.15, 0.2) is 0 Å². The summed E-state index contributed by atoms with van der Waals surface area (Å²) in [6, 6.07) is 0.0761. The number of carbonyl (C=O) groups excluding carboxylic acids is 1. The van der Waals surface area contributed by atoms with Gasteiger partial charge in [0.25, 0.3) is 0 Å². The summed E-state index contributed by atoms with van der Waals surface area (Å²) < 4.78 is 5.12. The molecule has 4 heteroatoms. The normalized spacial score (nSPS) is 16.3. The molecule has 0 heterocycles. The van der Waals surface area contributed by atoms with Gasteiger partial charge in [0, 0.05) is 7.11 Å². The van der Waals surface area contributed by atoms with E-state index in [1.807, 2.05) is 6.92 Å². The van der Waals surface area contributed by atoms with Gasteiger partial charge in [0.1, 0.15) is 0 Å². The van der Waals surface area contributed by atoms with Crippen molar-refractivity contribution in [2.24, 2.45) is 5.73 Å². The maximum Gasteiger partial charge on any atom is 0.240 e. The topological polar surface area (TPSA) is 64.3 Å². The summed E-state index contributed by atoms with van der Waals surface area (Å²) in [5, 5.41) is 2.99. The van der Waals surface area contributed by atoms with Gasteiger partial charge in [-0.25, -0.2) is 0 Å². The van der Waals surface area contributed by atoms with Crippen molar-refractivity contribution in [2.75, 3.05) is 13.7 Å². The van der Waals surface area contributed by atoms with Crippen LogP contribution in [0.25, 0.3) is 0 Å². The van der Waals surface area contributed by atoms with Gasteiger partial charge in [-0.3, -0.25) is 4.79 Å². The van der Waals surface area contributed by atoms with E-state index >= 15 is 0 Å². The third kappa shape index (κ3) is 6.64. The van der Waals surface area contributed by atoms with Crippen molar-refractivity contribution in [3.63, 3.8) is 0 Å². The van der Waals surface area contributed by atoms with E-state index in [0.717, 1.165) is 25.7 Å². The van der Waals surface area contributed by atoms with Crippen LogP contribution in [0.5, 0.6) is 0 Å². The summed E-state index contributed by atoms with van der Waals surface area (Å²) in [7, 11) is 1.65. The SMILES string of the molecule is CCCCC(COC)NC(=O)C(C)(N)CCC. The molecule has 1 amide bonds. The second-order valence-electron chi connectivity index (χ2n) is 4.94. The first kappa shape index (κ1) is 16.4. The Bertz CT molecular complexity index is 217. The Balaban J connectivity index is 4.27. The highest BCUT2D eigenvalue weighted by Crippen LogP contribution is 2.10. The van der Waals surface area contributed by atoms with Crippen molar-refractivity contribution in [3.8, 4) is 0 Å². The Morgan fingerprint density at radius 1 is 1.41 bits per heavy atom. The third-order valence-corrected chi connectivity index (χ3v) is 2.90. The van der Waals surface area contributed by atoms with Gasteiger partial charge in [-0.15, -0.1) is 0 Å². The fraction of sp³-hybridized carbons (Fsp3) is 0.923. The van der Waals surface area contributed by atoms with E-state index in [9.17, 15) is 4.79 Å². The van der Waals surface area contributed by atoms with E-state index in [-0.39, 0.29) is 11.9 Å². The molecular weight excluding hydrogens is 216 g/mol. The van der Waals surface area contributed by atoms with Gasteiger partial charge in [-0.05, 0) is 19.8 Å². The summed E-state index contributed by atoms with van der Waals surface area (Å²) in [5.41, 5.74) is 5.22. The number of rotatable bonds is 9. The first-order chi connectivity index (χ1) is 7.97. The van der Waals surface area contributed by atoms with Gasteiger partial charge in [-0.2, -0.15) is 0 Å². The average Bonchev–Trinajstić information content (AvgIpc) is 2.26. The zero-order valence-corrected chi connectivity index (χ0v) is 11.7. The van der Waals surface area contributed by atoms with Crippen LogP contribution in [-0.4, -0.2) is 31.2 Å². The summed E-state index contributed by atoms with van der Waals surface area (Å²) in [6.07, 6.45) is 4.75. The van der Waals surface area contributed by atoms with Gasteiger partial charge in [0.2, 0.25) is 5.91 Å². The van der Waals surface area contributed by atoms with Crippen molar-refractivity contribution < 1.29 is 9.53 Å². The fourth-order valence-corrected chi connectivity index (χ4v) is 1.83. The molecule has 0 aliphatic carbocycles. The minimum absolute atomic E-state index is 0.0718. The lowest BCUT2D eigenvalue weighted by molar-refractivity contribution is -0.127.